The zero-order chi connectivity index (χ0) is 24.2. The Balaban J connectivity index is 0.000000165. The maximum Gasteiger partial charge on any atom is 0.330 e. The van der Waals surface area contributed by atoms with Crippen molar-refractivity contribution in [1.82, 2.24) is 0 Å². The third-order valence-electron chi connectivity index (χ3n) is 5.93. The van der Waals surface area contributed by atoms with Crippen molar-refractivity contribution in [2.75, 3.05) is 0 Å². The van der Waals surface area contributed by atoms with Gasteiger partial charge in [-0.1, -0.05) is 104 Å². The maximum absolute atomic E-state index is 9.60. The summed E-state index contributed by atoms with van der Waals surface area (Å²) in [4.78, 5) is 9.60. The van der Waals surface area contributed by atoms with Gasteiger partial charge in [0.1, 0.15) is 0 Å². The fourth-order valence-electron chi connectivity index (χ4n) is 4.13. The molecule has 2 nitrogen and oxygen atoms in total. The van der Waals surface area contributed by atoms with Crippen molar-refractivity contribution in [1.29, 1.82) is 0 Å². The highest BCUT2D eigenvalue weighted by Gasteiger charge is 2.13. The summed E-state index contributed by atoms with van der Waals surface area (Å²) in [6.07, 6.45) is 24.2. The van der Waals surface area contributed by atoms with Gasteiger partial charge in [-0.05, 0) is 78.1 Å². The number of hydrogen-bond acceptors (Lipinski definition) is 1. The highest BCUT2D eigenvalue weighted by atomic mass is 16.4. The third-order valence-corrected chi connectivity index (χ3v) is 5.93. The minimum absolute atomic E-state index is 0.176. The van der Waals surface area contributed by atoms with Crippen molar-refractivity contribution in [3.8, 4) is 0 Å². The molecule has 6 rings (SSSR count). The highest BCUT2D eigenvalue weighted by Crippen LogP contribution is 2.33. The number of fused-ring (bicyclic) bond motifs is 5. The number of benzene rings is 3. The second-order valence-corrected chi connectivity index (χ2v) is 8.56. The van der Waals surface area contributed by atoms with Gasteiger partial charge < -0.3 is 5.11 Å². The van der Waals surface area contributed by atoms with Gasteiger partial charge in [0, 0.05) is 5.57 Å². The van der Waals surface area contributed by atoms with Crippen molar-refractivity contribution >= 4 is 27.5 Å². The molecule has 1 N–H and O–H groups in total. The van der Waals surface area contributed by atoms with E-state index in [1.807, 2.05) is 0 Å². The molecule has 174 valence electrons. The van der Waals surface area contributed by atoms with E-state index in [-0.39, 0.29) is 5.57 Å². The van der Waals surface area contributed by atoms with Crippen LogP contribution in [-0.2, 0) is 17.6 Å². The Morgan fingerprint density at radius 3 is 1.85 bits per heavy atom. The number of hydrogen-bond donors (Lipinski definition) is 1. The second kappa shape index (κ2) is 13.2. The fraction of sp³-hybridized carbons (Fsp3) is 0.219. The van der Waals surface area contributed by atoms with Gasteiger partial charge in [-0.3, -0.25) is 0 Å². The zero-order valence-corrected chi connectivity index (χ0v) is 20.0. The smallest absolute Gasteiger partial charge is 0.330 e. The van der Waals surface area contributed by atoms with Crippen molar-refractivity contribution in [2.45, 2.75) is 45.4 Å². The topological polar surface area (TPSA) is 37.3 Å². The number of carboxylic acid groups (broad SMARTS) is 1. The molecular weight excluding hydrogens is 416 g/mol. The van der Waals surface area contributed by atoms with E-state index in [1.54, 1.807) is 11.1 Å². The monoisotopic (exact) mass is 450 g/mol. The normalized spacial score (nSPS) is 14.4. The molecule has 0 aromatic heterocycles. The van der Waals surface area contributed by atoms with Crippen LogP contribution < -0.4 is 0 Å². The number of aliphatic carboxylic acids is 1. The van der Waals surface area contributed by atoms with Crippen LogP contribution in [0.2, 0.25) is 0 Å². The average molecular weight is 451 g/mol. The Kier molecular flexibility index (Phi) is 9.66. The van der Waals surface area contributed by atoms with Crippen LogP contribution in [0.3, 0.4) is 0 Å². The lowest BCUT2D eigenvalue weighted by atomic mass is 9.86. The molecule has 3 aromatic carbocycles. The zero-order valence-electron chi connectivity index (χ0n) is 20.0. The van der Waals surface area contributed by atoms with Gasteiger partial charge in [-0.25, -0.2) is 4.79 Å². The molecule has 3 aromatic rings. The minimum atomic E-state index is -0.935. The Hall–Kier alpha value is -3.65. The van der Waals surface area contributed by atoms with Crippen molar-refractivity contribution < 1.29 is 9.90 Å². The summed E-state index contributed by atoms with van der Waals surface area (Å²) in [6.45, 7) is 4.60. The van der Waals surface area contributed by atoms with E-state index < -0.39 is 5.97 Å². The molecule has 2 heteroatoms. The molecule has 34 heavy (non-hydrogen) atoms. The predicted octanol–water partition coefficient (Wildman–Crippen LogP) is 8.52. The minimum Gasteiger partial charge on any atom is -0.478 e. The van der Waals surface area contributed by atoms with E-state index in [9.17, 15) is 4.79 Å². The van der Waals surface area contributed by atoms with Crippen LogP contribution in [0.25, 0.3) is 21.5 Å². The summed E-state index contributed by atoms with van der Waals surface area (Å²) < 4.78 is 0. The van der Waals surface area contributed by atoms with Crippen LogP contribution in [0.1, 0.15) is 43.7 Å². The average Bonchev–Trinajstić information content (AvgIpc) is 3.64. The Labute approximate surface area is 203 Å². The molecule has 0 atom stereocenters. The summed E-state index contributed by atoms with van der Waals surface area (Å²) in [6, 6.07) is 18.0. The molecular formula is C32H34O2. The first kappa shape index (κ1) is 25.0. The van der Waals surface area contributed by atoms with E-state index in [0.29, 0.717) is 0 Å². The van der Waals surface area contributed by atoms with E-state index in [1.165, 1.54) is 54.2 Å². The van der Waals surface area contributed by atoms with Gasteiger partial charge in [0.25, 0.3) is 0 Å². The van der Waals surface area contributed by atoms with Crippen molar-refractivity contribution in [2.24, 2.45) is 0 Å². The van der Waals surface area contributed by atoms with Crippen LogP contribution >= 0.6 is 0 Å². The molecule has 0 saturated carbocycles. The van der Waals surface area contributed by atoms with E-state index in [4.69, 9.17) is 5.11 Å². The largest absolute Gasteiger partial charge is 0.478 e. The maximum atomic E-state index is 9.60. The molecule has 3 aliphatic carbocycles. The molecule has 0 radical (unpaired) electrons. The Bertz CT molecular complexity index is 1200. The third kappa shape index (κ3) is 7.18. The number of aryl methyl sites for hydroxylation is 2. The summed E-state index contributed by atoms with van der Waals surface area (Å²) in [5.74, 6) is -0.935. The first-order valence-corrected chi connectivity index (χ1v) is 12.0. The van der Waals surface area contributed by atoms with Gasteiger partial charge in [-0.15, -0.1) is 0 Å². The van der Waals surface area contributed by atoms with E-state index in [0.717, 1.165) is 12.8 Å². The molecule has 0 amide bonds. The fourth-order valence-corrected chi connectivity index (χ4v) is 4.13. The molecule has 0 bridgehead atoms. The summed E-state index contributed by atoms with van der Waals surface area (Å²) in [5, 5.41) is 13.5. The first-order chi connectivity index (χ1) is 16.6. The summed E-state index contributed by atoms with van der Waals surface area (Å²) in [7, 11) is 0. The van der Waals surface area contributed by atoms with Crippen LogP contribution in [0, 0.1) is 0 Å². The first-order valence-electron chi connectivity index (χ1n) is 12.0. The standard InChI is InChI=1S/C18H16.2C5H6.C4H6O2/c1-3-7-15-13(5-1)9-11-18-16-8-4-2-6-14(16)10-12-17(15)18;2*1-2-4-5-3-1;1-3(2)4(5)6/h1,3,5,7,9-12H,2,4,6,8H2;2*1-4H,5H2;1H2,2H3,(H,5,6). The molecule has 3 aliphatic rings. The van der Waals surface area contributed by atoms with Crippen LogP contribution in [-0.4, -0.2) is 11.1 Å². The lowest BCUT2D eigenvalue weighted by molar-refractivity contribution is -0.132. The summed E-state index contributed by atoms with van der Waals surface area (Å²) >= 11 is 0. The molecule has 0 fully saturated rings. The van der Waals surface area contributed by atoms with Crippen LogP contribution in [0.4, 0.5) is 0 Å². The number of carbonyl (C=O) groups is 1. The second-order valence-electron chi connectivity index (χ2n) is 8.56. The Morgan fingerprint density at radius 1 is 0.735 bits per heavy atom. The van der Waals surface area contributed by atoms with E-state index in [2.05, 4.69) is 104 Å². The van der Waals surface area contributed by atoms with Gasteiger partial charge in [0.15, 0.2) is 0 Å². The van der Waals surface area contributed by atoms with Crippen molar-refractivity contribution in [3.63, 3.8) is 0 Å². The predicted molar refractivity (Wildman–Crippen MR) is 146 cm³/mol. The van der Waals surface area contributed by atoms with Crippen molar-refractivity contribution in [3.05, 3.63) is 120 Å². The quantitative estimate of drug-likeness (QED) is 0.298. The number of rotatable bonds is 1. The van der Waals surface area contributed by atoms with Gasteiger partial charge in [0.2, 0.25) is 0 Å². The molecule has 0 aliphatic heterocycles. The molecule has 0 saturated heterocycles. The van der Waals surface area contributed by atoms with Crippen LogP contribution in [0.5, 0.6) is 0 Å². The van der Waals surface area contributed by atoms with Gasteiger partial charge in [0.05, 0.1) is 0 Å². The number of carboxylic acids is 1. The van der Waals surface area contributed by atoms with Gasteiger partial charge >= 0.3 is 5.97 Å². The highest BCUT2D eigenvalue weighted by molar-refractivity contribution is 6.08. The molecule has 0 unspecified atom stereocenters. The van der Waals surface area contributed by atoms with Gasteiger partial charge in [-0.2, -0.15) is 0 Å². The lowest BCUT2D eigenvalue weighted by Gasteiger charge is -2.18. The molecule has 0 spiro atoms. The number of allylic oxidation sites excluding steroid dienone is 8. The summed E-state index contributed by atoms with van der Waals surface area (Å²) in [5.41, 5.74) is 3.35. The van der Waals surface area contributed by atoms with E-state index >= 15 is 0 Å². The Morgan fingerprint density at radius 2 is 1.29 bits per heavy atom. The molecule has 0 heterocycles. The lowest BCUT2D eigenvalue weighted by Crippen LogP contribution is -2.02. The SMILES string of the molecule is C1=CCC=C1.C1=CCC=C1.C=C(C)C(=O)O.c1ccc2c(c1)ccc1c3c(ccc12)CCCC3. The van der Waals surface area contributed by atoms with Crippen LogP contribution in [0.15, 0.2) is 109 Å².